The Morgan fingerprint density at radius 3 is 1.24 bits per heavy atom. The Kier molecular flexibility index (Phi) is 28.7. The quantitative estimate of drug-likeness (QED) is 0.209. The molecule has 0 saturated heterocycles. The molecule has 0 aromatic heterocycles. The molecule has 0 aliphatic heterocycles. The summed E-state index contributed by atoms with van der Waals surface area (Å²) in [6.07, 6.45) is 7.40. The van der Waals surface area contributed by atoms with Crippen molar-refractivity contribution < 1.29 is 30.7 Å². The van der Waals surface area contributed by atoms with Gasteiger partial charge in [0.25, 0.3) is 0 Å². The van der Waals surface area contributed by atoms with Gasteiger partial charge in [-0.25, -0.2) is 0 Å². The molecule has 0 aromatic carbocycles. The molecular formula is C24H54MoO2Si2. The zero-order valence-electron chi connectivity index (χ0n) is 22.2. The summed E-state index contributed by atoms with van der Waals surface area (Å²) in [4.78, 5) is 15.5. The van der Waals surface area contributed by atoms with E-state index >= 15 is 0 Å². The van der Waals surface area contributed by atoms with E-state index < -0.39 is 16.1 Å². The van der Waals surface area contributed by atoms with Crippen molar-refractivity contribution in [2.45, 2.75) is 128 Å². The first-order valence-electron chi connectivity index (χ1n) is 10.1. The first-order valence-corrected chi connectivity index (χ1v) is 16.4. The average molecular weight is 527 g/mol. The summed E-state index contributed by atoms with van der Waals surface area (Å²) in [5, 5.41) is 1.19. The Morgan fingerprint density at radius 2 is 1.07 bits per heavy atom. The van der Waals surface area contributed by atoms with E-state index in [9.17, 15) is 0 Å². The van der Waals surface area contributed by atoms with Crippen molar-refractivity contribution in [3.8, 4) is 0 Å². The normalized spacial score (nSPS) is 14.0. The largest absolute Gasteiger partial charge is 4.00 e. The molecule has 1 fully saturated rings. The van der Waals surface area contributed by atoms with E-state index in [4.69, 9.17) is 9.59 Å². The van der Waals surface area contributed by atoms with Crippen LogP contribution in [0, 0.1) is 14.9 Å². The topological polar surface area (TPSA) is 34.1 Å². The molecule has 176 valence electrons. The van der Waals surface area contributed by atoms with E-state index in [-0.39, 0.29) is 35.9 Å². The molecule has 0 heterocycles. The van der Waals surface area contributed by atoms with Crippen LogP contribution in [-0.4, -0.2) is 29.7 Å². The Bertz CT molecular complexity index is 351. The second-order valence-corrected chi connectivity index (χ2v) is 22.4. The van der Waals surface area contributed by atoms with Crippen molar-refractivity contribution in [2.75, 3.05) is 0 Å². The molecule has 29 heavy (non-hydrogen) atoms. The van der Waals surface area contributed by atoms with E-state index in [0.717, 1.165) is 5.54 Å². The van der Waals surface area contributed by atoms with E-state index in [1.54, 1.807) is 0 Å². The predicted octanol–water partition coefficient (Wildman–Crippen LogP) is 8.69. The second-order valence-electron chi connectivity index (χ2n) is 10.8. The Balaban J connectivity index is -0.0000000721. The van der Waals surface area contributed by atoms with E-state index in [0.29, 0.717) is 10.1 Å². The molecule has 0 spiro atoms. The molecule has 0 bridgehead atoms. The Labute approximate surface area is 203 Å². The number of hydrogen-bond acceptors (Lipinski definition) is 2. The standard InChI is InChI=1S/C11H24Si.C9H22Si.2CHO.2CH3.Mo/c1-11(2,3)12(4,5)10-8-6-7-9-10;1-7-8-10(5,6)9(2,3)4;2*1-2;;;/h10H,6-9H2,1-5H3;7-8H2,1-6H3;2*1H;2*1H3;/q;;4*-1;+4. The van der Waals surface area contributed by atoms with Gasteiger partial charge < -0.3 is 24.4 Å². The van der Waals surface area contributed by atoms with E-state index in [2.05, 4.69) is 88.2 Å². The van der Waals surface area contributed by atoms with Gasteiger partial charge >= 0.3 is 21.1 Å². The summed E-state index contributed by atoms with van der Waals surface area (Å²) in [7, 11) is -1.88. The van der Waals surface area contributed by atoms with Gasteiger partial charge in [0, 0.05) is 0 Å². The van der Waals surface area contributed by atoms with E-state index in [1.165, 1.54) is 38.1 Å². The van der Waals surface area contributed by atoms with Crippen LogP contribution in [0.15, 0.2) is 0 Å². The van der Waals surface area contributed by atoms with Crippen molar-refractivity contribution in [1.82, 2.24) is 0 Å². The van der Waals surface area contributed by atoms with Crippen LogP contribution < -0.4 is 0 Å². The molecule has 1 aliphatic carbocycles. The summed E-state index contributed by atoms with van der Waals surface area (Å²) in [6.45, 7) is 33.4. The molecule has 0 radical (unpaired) electrons. The molecule has 2 nitrogen and oxygen atoms in total. The van der Waals surface area contributed by atoms with Gasteiger partial charge in [-0.2, -0.15) is 0 Å². The van der Waals surface area contributed by atoms with E-state index in [1.807, 2.05) is 0 Å². The Morgan fingerprint density at radius 1 is 0.759 bits per heavy atom. The molecule has 5 heteroatoms. The second kappa shape index (κ2) is 19.2. The fraction of sp³-hybridized carbons (Fsp3) is 0.833. The van der Waals surface area contributed by atoms with Gasteiger partial charge in [0.05, 0.1) is 16.1 Å². The average Bonchev–Trinajstić information content (AvgIpc) is 3.04. The van der Waals surface area contributed by atoms with Gasteiger partial charge in [0.2, 0.25) is 0 Å². The van der Waals surface area contributed by atoms with Gasteiger partial charge in [0.1, 0.15) is 0 Å². The van der Waals surface area contributed by atoms with Gasteiger partial charge in [-0.1, -0.05) is 113 Å². The first-order chi connectivity index (χ1) is 11.7. The summed E-state index contributed by atoms with van der Waals surface area (Å²) in [6, 6.07) is 1.47. The van der Waals surface area contributed by atoms with Crippen LogP contribution in [0.3, 0.4) is 0 Å². The van der Waals surface area contributed by atoms with Gasteiger partial charge in [-0.15, -0.1) is 0 Å². The van der Waals surface area contributed by atoms with Crippen molar-refractivity contribution in [3.05, 3.63) is 14.9 Å². The SMILES string of the molecule is CC(C)(C)[Si](C)(C)C1CCCC1.CCC[Si](C)(C)C(C)(C)C.[CH-]=O.[CH-]=O.[CH3-].[CH3-].[Mo+4]. The monoisotopic (exact) mass is 528 g/mol. The summed E-state index contributed by atoms with van der Waals surface area (Å²) < 4.78 is 0. The van der Waals surface area contributed by atoms with Crippen LogP contribution in [0.2, 0.25) is 47.8 Å². The van der Waals surface area contributed by atoms with Crippen LogP contribution >= 0.6 is 0 Å². The molecule has 1 aliphatic rings. The van der Waals surface area contributed by atoms with Gasteiger partial charge in [-0.3, -0.25) is 13.6 Å². The minimum Gasteiger partial charge on any atom is -0.545 e. The van der Waals surface area contributed by atoms with Crippen molar-refractivity contribution in [2.24, 2.45) is 0 Å². The number of rotatable bonds is 3. The Hall–Kier alpha value is 0.462. The molecular weight excluding hydrogens is 472 g/mol. The zero-order chi connectivity index (χ0) is 21.8. The summed E-state index contributed by atoms with van der Waals surface area (Å²) in [5.74, 6) is 0. The molecule has 1 rings (SSSR count). The van der Waals surface area contributed by atoms with Crippen LogP contribution in [0.25, 0.3) is 0 Å². The van der Waals surface area contributed by atoms with Crippen LogP contribution in [-0.2, 0) is 30.7 Å². The summed E-state index contributed by atoms with van der Waals surface area (Å²) >= 11 is 0. The predicted molar refractivity (Wildman–Crippen MR) is 138 cm³/mol. The maximum absolute atomic E-state index is 7.75. The maximum atomic E-state index is 7.75. The molecule has 0 unspecified atom stereocenters. The summed E-state index contributed by atoms with van der Waals surface area (Å²) in [5.41, 5.74) is 1.11. The third kappa shape index (κ3) is 15.8. The minimum absolute atomic E-state index is 0. The smallest absolute Gasteiger partial charge is 0.545 e. The van der Waals surface area contributed by atoms with Gasteiger partial charge in [-0.05, 0) is 15.6 Å². The third-order valence-corrected chi connectivity index (χ3v) is 19.5. The number of carbonyl (C=O) groups excluding carboxylic acids is 2. The van der Waals surface area contributed by atoms with Crippen molar-refractivity contribution >= 4 is 29.7 Å². The van der Waals surface area contributed by atoms with Crippen molar-refractivity contribution in [1.29, 1.82) is 0 Å². The van der Waals surface area contributed by atoms with Crippen molar-refractivity contribution in [3.63, 3.8) is 0 Å². The molecule has 0 N–H and O–H groups in total. The zero-order valence-corrected chi connectivity index (χ0v) is 26.2. The molecule has 0 amide bonds. The minimum atomic E-state index is -0.972. The molecule has 0 aromatic rings. The molecule has 1 saturated carbocycles. The fourth-order valence-electron chi connectivity index (χ4n) is 3.26. The first kappa shape index (κ1) is 43.4. The van der Waals surface area contributed by atoms with Crippen LogP contribution in [0.1, 0.15) is 80.6 Å². The third-order valence-electron chi connectivity index (χ3n) is 7.21. The van der Waals surface area contributed by atoms with Crippen LogP contribution in [0.4, 0.5) is 0 Å². The maximum Gasteiger partial charge on any atom is 4.00 e. The fourth-order valence-corrected chi connectivity index (χ4v) is 8.34. The molecule has 0 atom stereocenters. The van der Waals surface area contributed by atoms with Crippen LogP contribution in [0.5, 0.6) is 0 Å². The number of hydrogen-bond donors (Lipinski definition) is 0. The van der Waals surface area contributed by atoms with Gasteiger partial charge in [0.15, 0.2) is 0 Å².